The SMILES string of the molecule is COc1ccccc1NC(C)(C#N)CC(C)(C)OC. The topological polar surface area (TPSA) is 54.3 Å². The van der Waals surface area contributed by atoms with Crippen LogP contribution in [0.5, 0.6) is 5.75 Å². The van der Waals surface area contributed by atoms with Gasteiger partial charge in [-0.1, -0.05) is 12.1 Å². The molecule has 0 amide bonds. The number of nitrogens with one attached hydrogen (secondary N) is 1. The van der Waals surface area contributed by atoms with Crippen molar-refractivity contribution in [1.82, 2.24) is 0 Å². The van der Waals surface area contributed by atoms with Gasteiger partial charge in [-0.05, 0) is 32.9 Å². The van der Waals surface area contributed by atoms with E-state index >= 15 is 0 Å². The molecule has 104 valence electrons. The highest BCUT2D eigenvalue weighted by Crippen LogP contribution is 2.30. The summed E-state index contributed by atoms with van der Waals surface area (Å²) in [7, 11) is 3.27. The maximum Gasteiger partial charge on any atom is 0.141 e. The molecule has 1 aromatic rings. The molecule has 19 heavy (non-hydrogen) atoms. The van der Waals surface area contributed by atoms with Gasteiger partial charge < -0.3 is 14.8 Å². The molecule has 1 unspecified atom stereocenters. The summed E-state index contributed by atoms with van der Waals surface area (Å²) in [6.07, 6.45) is 0.561. The Bertz CT molecular complexity index is 465. The smallest absolute Gasteiger partial charge is 0.141 e. The Hall–Kier alpha value is -1.73. The molecule has 0 aliphatic heterocycles. The lowest BCUT2D eigenvalue weighted by atomic mass is 9.88. The summed E-state index contributed by atoms with van der Waals surface area (Å²) in [4.78, 5) is 0. The van der Waals surface area contributed by atoms with E-state index in [0.29, 0.717) is 6.42 Å². The second-order valence-electron chi connectivity index (χ2n) is 5.41. The summed E-state index contributed by atoms with van der Waals surface area (Å²) < 4.78 is 10.7. The van der Waals surface area contributed by atoms with E-state index in [-0.39, 0.29) is 5.60 Å². The molecular weight excluding hydrogens is 240 g/mol. The maximum absolute atomic E-state index is 9.46. The van der Waals surface area contributed by atoms with Crippen molar-refractivity contribution < 1.29 is 9.47 Å². The van der Waals surface area contributed by atoms with Crippen molar-refractivity contribution in [3.8, 4) is 11.8 Å². The fraction of sp³-hybridized carbons (Fsp3) is 0.533. The molecule has 1 N–H and O–H groups in total. The van der Waals surface area contributed by atoms with Gasteiger partial charge in [0.25, 0.3) is 0 Å². The zero-order valence-electron chi connectivity index (χ0n) is 12.3. The molecule has 1 aromatic carbocycles. The lowest BCUT2D eigenvalue weighted by molar-refractivity contribution is 0.00723. The Kier molecular flexibility index (Phi) is 4.79. The number of ether oxygens (including phenoxy) is 2. The van der Waals surface area contributed by atoms with Gasteiger partial charge in [0, 0.05) is 13.5 Å². The average Bonchev–Trinajstić information content (AvgIpc) is 2.38. The van der Waals surface area contributed by atoms with Crippen LogP contribution in [-0.4, -0.2) is 25.4 Å². The van der Waals surface area contributed by atoms with E-state index in [0.717, 1.165) is 11.4 Å². The van der Waals surface area contributed by atoms with E-state index in [9.17, 15) is 5.26 Å². The Labute approximate surface area is 115 Å². The summed E-state index contributed by atoms with van der Waals surface area (Å²) in [6, 6.07) is 9.88. The van der Waals surface area contributed by atoms with Gasteiger partial charge in [0.1, 0.15) is 11.3 Å². The second-order valence-corrected chi connectivity index (χ2v) is 5.41. The van der Waals surface area contributed by atoms with Crippen molar-refractivity contribution >= 4 is 5.69 Å². The third-order valence-corrected chi connectivity index (χ3v) is 3.10. The van der Waals surface area contributed by atoms with Crippen LogP contribution >= 0.6 is 0 Å². The molecule has 0 spiro atoms. The first kappa shape index (κ1) is 15.3. The standard InChI is InChI=1S/C15H22N2O2/c1-14(2,19-5)10-15(3,11-16)17-12-8-6-7-9-13(12)18-4/h6-9,17H,10H2,1-5H3. The number of hydrogen-bond donors (Lipinski definition) is 1. The Morgan fingerprint density at radius 2 is 1.84 bits per heavy atom. The molecule has 4 heteroatoms. The largest absolute Gasteiger partial charge is 0.495 e. The second kappa shape index (κ2) is 5.94. The van der Waals surface area contributed by atoms with E-state index in [4.69, 9.17) is 9.47 Å². The van der Waals surface area contributed by atoms with Crippen molar-refractivity contribution in [2.24, 2.45) is 0 Å². The van der Waals surface area contributed by atoms with Crippen molar-refractivity contribution in [2.75, 3.05) is 19.5 Å². The first-order chi connectivity index (χ1) is 8.86. The van der Waals surface area contributed by atoms with E-state index < -0.39 is 5.54 Å². The number of nitriles is 1. The fourth-order valence-electron chi connectivity index (χ4n) is 2.08. The monoisotopic (exact) mass is 262 g/mol. The highest BCUT2D eigenvalue weighted by molar-refractivity contribution is 5.58. The van der Waals surface area contributed by atoms with Crippen molar-refractivity contribution in [2.45, 2.75) is 38.3 Å². The molecule has 0 aliphatic carbocycles. The van der Waals surface area contributed by atoms with E-state index in [1.807, 2.05) is 45.0 Å². The van der Waals surface area contributed by atoms with Gasteiger partial charge >= 0.3 is 0 Å². The molecule has 1 atom stereocenters. The van der Waals surface area contributed by atoms with Crippen molar-refractivity contribution in [1.29, 1.82) is 5.26 Å². The molecular formula is C15H22N2O2. The minimum atomic E-state index is -0.728. The Morgan fingerprint density at radius 3 is 2.37 bits per heavy atom. The van der Waals surface area contributed by atoms with Gasteiger partial charge in [0.05, 0.1) is 24.5 Å². The zero-order chi connectivity index (χ0) is 14.5. The zero-order valence-corrected chi connectivity index (χ0v) is 12.3. The molecule has 0 radical (unpaired) electrons. The van der Waals surface area contributed by atoms with Crippen LogP contribution < -0.4 is 10.1 Å². The number of para-hydroxylation sites is 2. The molecule has 0 fully saturated rings. The van der Waals surface area contributed by atoms with Gasteiger partial charge in [0.2, 0.25) is 0 Å². The molecule has 0 aliphatic rings. The average molecular weight is 262 g/mol. The van der Waals surface area contributed by atoms with E-state index in [1.54, 1.807) is 14.2 Å². The predicted molar refractivity (Wildman–Crippen MR) is 76.3 cm³/mol. The van der Waals surface area contributed by atoms with Gasteiger partial charge in [-0.25, -0.2) is 0 Å². The number of rotatable bonds is 6. The van der Waals surface area contributed by atoms with Crippen LogP contribution in [0.1, 0.15) is 27.2 Å². The first-order valence-electron chi connectivity index (χ1n) is 6.23. The summed E-state index contributed by atoms with van der Waals surface area (Å²) >= 11 is 0. The number of anilines is 1. The van der Waals surface area contributed by atoms with Crippen LogP contribution in [0, 0.1) is 11.3 Å². The van der Waals surface area contributed by atoms with Crippen LogP contribution in [0.2, 0.25) is 0 Å². The summed E-state index contributed by atoms with van der Waals surface area (Å²) in [5.41, 5.74) is -0.297. The molecule has 0 saturated carbocycles. The van der Waals surface area contributed by atoms with Gasteiger partial charge in [-0.15, -0.1) is 0 Å². The minimum Gasteiger partial charge on any atom is -0.495 e. The quantitative estimate of drug-likeness (QED) is 0.855. The van der Waals surface area contributed by atoms with Crippen molar-refractivity contribution in [3.63, 3.8) is 0 Å². The third kappa shape index (κ3) is 4.15. The number of methoxy groups -OCH3 is 2. The highest BCUT2D eigenvalue weighted by atomic mass is 16.5. The molecule has 0 aromatic heterocycles. The third-order valence-electron chi connectivity index (χ3n) is 3.10. The van der Waals surface area contributed by atoms with Crippen LogP contribution in [0.15, 0.2) is 24.3 Å². The fourth-order valence-corrected chi connectivity index (χ4v) is 2.08. The molecule has 1 rings (SSSR count). The molecule has 4 nitrogen and oxygen atoms in total. The van der Waals surface area contributed by atoms with Gasteiger partial charge in [-0.2, -0.15) is 5.26 Å². The van der Waals surface area contributed by atoms with Gasteiger partial charge in [-0.3, -0.25) is 0 Å². The molecule has 0 bridgehead atoms. The summed E-state index contributed by atoms with van der Waals surface area (Å²) in [6.45, 7) is 5.79. The maximum atomic E-state index is 9.46. The minimum absolute atomic E-state index is 0.376. The van der Waals surface area contributed by atoms with Gasteiger partial charge in [0.15, 0.2) is 0 Å². The molecule has 0 heterocycles. The Balaban J connectivity index is 2.96. The van der Waals surface area contributed by atoms with Crippen LogP contribution in [0.3, 0.4) is 0 Å². The lowest BCUT2D eigenvalue weighted by Crippen LogP contribution is -2.41. The lowest BCUT2D eigenvalue weighted by Gasteiger charge is -2.33. The highest BCUT2D eigenvalue weighted by Gasteiger charge is 2.33. The first-order valence-corrected chi connectivity index (χ1v) is 6.23. The molecule has 0 saturated heterocycles. The van der Waals surface area contributed by atoms with Crippen LogP contribution in [0.25, 0.3) is 0 Å². The summed E-state index contributed by atoms with van der Waals surface area (Å²) in [5, 5.41) is 12.7. The summed E-state index contributed by atoms with van der Waals surface area (Å²) in [5.74, 6) is 0.721. The van der Waals surface area contributed by atoms with E-state index in [1.165, 1.54) is 0 Å². The normalized spacial score (nSPS) is 14.3. The van der Waals surface area contributed by atoms with Crippen molar-refractivity contribution in [3.05, 3.63) is 24.3 Å². The van der Waals surface area contributed by atoms with Crippen LogP contribution in [-0.2, 0) is 4.74 Å². The van der Waals surface area contributed by atoms with E-state index in [2.05, 4.69) is 11.4 Å². The predicted octanol–water partition coefficient (Wildman–Crippen LogP) is 3.20. The number of hydrogen-bond acceptors (Lipinski definition) is 4. The number of nitrogens with zero attached hydrogens (tertiary/aromatic N) is 1. The Morgan fingerprint density at radius 1 is 1.21 bits per heavy atom. The van der Waals surface area contributed by atoms with Crippen LogP contribution in [0.4, 0.5) is 5.69 Å². The number of benzene rings is 1.